The number of halogens is 1. The van der Waals surface area contributed by atoms with E-state index in [1.165, 1.54) is 13.2 Å². The number of methoxy groups -OCH3 is 1. The van der Waals surface area contributed by atoms with E-state index in [0.29, 0.717) is 45.6 Å². The quantitative estimate of drug-likeness (QED) is 0.732. The van der Waals surface area contributed by atoms with E-state index in [2.05, 4.69) is 4.90 Å². The van der Waals surface area contributed by atoms with Gasteiger partial charge in [-0.3, -0.25) is 9.69 Å². The summed E-state index contributed by atoms with van der Waals surface area (Å²) in [6.45, 7) is 2.87. The largest absolute Gasteiger partial charge is 0.494 e. The van der Waals surface area contributed by atoms with Gasteiger partial charge in [0.1, 0.15) is 5.75 Å². The fourth-order valence-corrected chi connectivity index (χ4v) is 5.66. The molecule has 2 fully saturated rings. The van der Waals surface area contributed by atoms with E-state index in [0.717, 1.165) is 18.4 Å². The molecule has 1 aliphatic heterocycles. The molecule has 1 amide bonds. The van der Waals surface area contributed by atoms with Crippen LogP contribution in [0, 0.1) is 5.82 Å². The molecule has 1 aliphatic carbocycles. The molecular formula is C19H27FN2O4S. The Balaban J connectivity index is 1.49. The van der Waals surface area contributed by atoms with E-state index in [-0.39, 0.29) is 28.5 Å². The van der Waals surface area contributed by atoms with Crippen LogP contribution in [0.3, 0.4) is 0 Å². The van der Waals surface area contributed by atoms with Crippen molar-refractivity contribution in [2.75, 3.05) is 39.0 Å². The fourth-order valence-electron chi connectivity index (χ4n) is 3.85. The first-order valence-corrected chi connectivity index (χ1v) is 11.1. The molecule has 0 N–H and O–H groups in total. The zero-order chi connectivity index (χ0) is 19.4. The Morgan fingerprint density at radius 2 is 1.85 bits per heavy atom. The molecule has 0 spiro atoms. The zero-order valence-corrected chi connectivity index (χ0v) is 16.5. The minimum absolute atomic E-state index is 0.220. The molecule has 1 aromatic carbocycles. The first-order valence-electron chi connectivity index (χ1n) is 9.43. The molecule has 1 heterocycles. The Kier molecular flexibility index (Phi) is 6.37. The molecule has 1 saturated heterocycles. The molecule has 27 heavy (non-hydrogen) atoms. The molecule has 0 radical (unpaired) electrons. The van der Waals surface area contributed by atoms with Crippen LogP contribution in [0.1, 0.15) is 31.2 Å². The Bertz CT molecular complexity index is 770. The SMILES string of the molecule is COc1ccc(CN2CCN(C(=O)CS(=O)(=O)C3CCCC3)CC2)cc1F. The van der Waals surface area contributed by atoms with Crippen LogP contribution in [-0.4, -0.2) is 68.4 Å². The van der Waals surface area contributed by atoms with Gasteiger partial charge in [0.05, 0.1) is 12.4 Å². The van der Waals surface area contributed by atoms with E-state index in [1.807, 2.05) is 6.07 Å². The molecule has 0 atom stereocenters. The predicted molar refractivity (Wildman–Crippen MR) is 101 cm³/mol. The van der Waals surface area contributed by atoms with E-state index < -0.39 is 9.84 Å². The van der Waals surface area contributed by atoms with Crippen molar-refractivity contribution in [2.24, 2.45) is 0 Å². The monoisotopic (exact) mass is 398 g/mol. The first kappa shape index (κ1) is 20.1. The highest BCUT2D eigenvalue weighted by Crippen LogP contribution is 2.25. The number of ether oxygens (including phenoxy) is 1. The van der Waals surface area contributed by atoms with E-state index in [9.17, 15) is 17.6 Å². The van der Waals surface area contributed by atoms with Crippen LogP contribution < -0.4 is 4.74 Å². The number of sulfone groups is 1. The predicted octanol–water partition coefficient (Wildman–Crippen LogP) is 1.84. The van der Waals surface area contributed by atoms with Crippen molar-refractivity contribution in [3.63, 3.8) is 0 Å². The maximum absolute atomic E-state index is 13.8. The summed E-state index contributed by atoms with van der Waals surface area (Å²) in [6.07, 6.45) is 3.23. The Labute approximate surface area is 160 Å². The van der Waals surface area contributed by atoms with Gasteiger partial charge >= 0.3 is 0 Å². The smallest absolute Gasteiger partial charge is 0.237 e. The highest BCUT2D eigenvalue weighted by molar-refractivity contribution is 7.92. The minimum atomic E-state index is -3.34. The molecule has 150 valence electrons. The van der Waals surface area contributed by atoms with Gasteiger partial charge in [-0.15, -0.1) is 0 Å². The summed E-state index contributed by atoms with van der Waals surface area (Å²) in [6, 6.07) is 4.90. The van der Waals surface area contributed by atoms with Gasteiger partial charge < -0.3 is 9.64 Å². The van der Waals surface area contributed by atoms with Gasteiger partial charge in [-0.1, -0.05) is 18.9 Å². The molecule has 0 aromatic heterocycles. The summed E-state index contributed by atoms with van der Waals surface area (Å²) < 4.78 is 43.5. The van der Waals surface area contributed by atoms with Gasteiger partial charge in [0.2, 0.25) is 5.91 Å². The Morgan fingerprint density at radius 1 is 1.19 bits per heavy atom. The van der Waals surface area contributed by atoms with Crippen molar-refractivity contribution < 1.29 is 22.3 Å². The summed E-state index contributed by atoms with van der Waals surface area (Å²) in [5.74, 6) is -0.836. The molecule has 1 saturated carbocycles. The van der Waals surface area contributed by atoms with Gasteiger partial charge in [0.25, 0.3) is 0 Å². The minimum Gasteiger partial charge on any atom is -0.494 e. The third-order valence-corrected chi connectivity index (χ3v) is 7.62. The number of rotatable bonds is 6. The van der Waals surface area contributed by atoms with Gasteiger partial charge in [-0.05, 0) is 30.5 Å². The third kappa shape index (κ3) is 4.99. The lowest BCUT2D eigenvalue weighted by molar-refractivity contribution is -0.130. The summed E-state index contributed by atoms with van der Waals surface area (Å²) in [5.41, 5.74) is 0.844. The molecule has 1 aromatic rings. The number of amides is 1. The molecule has 2 aliphatic rings. The van der Waals surface area contributed by atoms with Gasteiger partial charge in [0, 0.05) is 32.7 Å². The van der Waals surface area contributed by atoms with Gasteiger partial charge in [-0.25, -0.2) is 12.8 Å². The normalized spacial score (nSPS) is 19.4. The number of carbonyl (C=O) groups is 1. The second-order valence-electron chi connectivity index (χ2n) is 7.34. The highest BCUT2D eigenvalue weighted by atomic mass is 32.2. The van der Waals surface area contributed by atoms with Crippen LogP contribution in [-0.2, 0) is 21.2 Å². The number of hydrogen-bond donors (Lipinski definition) is 0. The maximum Gasteiger partial charge on any atom is 0.237 e. The summed E-state index contributed by atoms with van der Waals surface area (Å²) in [4.78, 5) is 16.2. The molecule has 6 nitrogen and oxygen atoms in total. The van der Waals surface area contributed by atoms with Crippen molar-refractivity contribution in [1.29, 1.82) is 0 Å². The van der Waals surface area contributed by atoms with E-state index in [1.54, 1.807) is 11.0 Å². The topological polar surface area (TPSA) is 66.9 Å². The molecule has 0 bridgehead atoms. The Hall–Kier alpha value is -1.67. The van der Waals surface area contributed by atoms with Crippen LogP contribution in [0.4, 0.5) is 4.39 Å². The zero-order valence-electron chi connectivity index (χ0n) is 15.7. The molecule has 0 unspecified atom stereocenters. The standard InChI is InChI=1S/C19H27FN2O4S/c1-26-18-7-6-15(12-17(18)20)13-21-8-10-22(11-9-21)19(23)14-27(24,25)16-4-2-3-5-16/h6-7,12,16H,2-5,8-11,13-14H2,1H3. The van der Waals surface area contributed by atoms with E-state index >= 15 is 0 Å². The average Bonchev–Trinajstić information content (AvgIpc) is 3.18. The number of benzene rings is 1. The lowest BCUT2D eigenvalue weighted by atomic mass is 10.2. The van der Waals surface area contributed by atoms with Crippen LogP contribution in [0.5, 0.6) is 5.75 Å². The lowest BCUT2D eigenvalue weighted by Gasteiger charge is -2.35. The molecular weight excluding hydrogens is 371 g/mol. The summed E-state index contributed by atoms with van der Waals surface area (Å²) in [5, 5.41) is -0.340. The van der Waals surface area contributed by atoms with Crippen molar-refractivity contribution in [3.05, 3.63) is 29.6 Å². The average molecular weight is 399 g/mol. The first-order chi connectivity index (χ1) is 12.9. The van der Waals surface area contributed by atoms with Gasteiger partial charge in [-0.2, -0.15) is 0 Å². The number of hydrogen-bond acceptors (Lipinski definition) is 5. The van der Waals surface area contributed by atoms with Crippen molar-refractivity contribution in [2.45, 2.75) is 37.5 Å². The van der Waals surface area contributed by atoms with Crippen LogP contribution in [0.15, 0.2) is 18.2 Å². The summed E-state index contributed by atoms with van der Waals surface area (Å²) in [7, 11) is -1.91. The molecule has 3 rings (SSSR count). The van der Waals surface area contributed by atoms with Crippen LogP contribution in [0.2, 0.25) is 0 Å². The van der Waals surface area contributed by atoms with Crippen molar-refractivity contribution in [3.8, 4) is 5.75 Å². The third-order valence-electron chi connectivity index (χ3n) is 5.48. The van der Waals surface area contributed by atoms with Gasteiger partial charge in [0.15, 0.2) is 21.4 Å². The number of piperazine rings is 1. The number of nitrogens with zero attached hydrogens (tertiary/aromatic N) is 2. The number of carbonyl (C=O) groups excluding carboxylic acids is 1. The van der Waals surface area contributed by atoms with E-state index in [4.69, 9.17) is 4.74 Å². The second kappa shape index (κ2) is 8.56. The second-order valence-corrected chi connectivity index (χ2v) is 9.62. The van der Waals surface area contributed by atoms with Crippen LogP contribution >= 0.6 is 0 Å². The van der Waals surface area contributed by atoms with Crippen molar-refractivity contribution >= 4 is 15.7 Å². The fraction of sp³-hybridized carbons (Fsp3) is 0.632. The highest BCUT2D eigenvalue weighted by Gasteiger charge is 2.32. The summed E-state index contributed by atoms with van der Waals surface area (Å²) >= 11 is 0. The maximum atomic E-state index is 13.8. The Morgan fingerprint density at radius 3 is 2.44 bits per heavy atom. The molecule has 8 heteroatoms. The lowest BCUT2D eigenvalue weighted by Crippen LogP contribution is -2.50. The van der Waals surface area contributed by atoms with Crippen molar-refractivity contribution in [1.82, 2.24) is 9.80 Å². The van der Waals surface area contributed by atoms with Crippen LogP contribution in [0.25, 0.3) is 0 Å².